The molecule has 0 radical (unpaired) electrons. The van der Waals surface area contributed by atoms with Gasteiger partial charge in [-0.2, -0.15) is 13.2 Å². The van der Waals surface area contributed by atoms with Crippen molar-refractivity contribution in [3.8, 4) is 5.75 Å². The van der Waals surface area contributed by atoms with Crippen LogP contribution < -0.4 is 14.8 Å². The van der Waals surface area contributed by atoms with E-state index >= 15 is 0 Å². The molecule has 4 atom stereocenters. The van der Waals surface area contributed by atoms with Crippen LogP contribution in [-0.2, 0) is 20.9 Å². The fourth-order valence-electron chi connectivity index (χ4n) is 5.83. The number of nitrogens with one attached hydrogen (secondary N) is 2. The van der Waals surface area contributed by atoms with Crippen LogP contribution in [0.2, 0.25) is 0 Å². The van der Waals surface area contributed by atoms with Crippen LogP contribution in [0.1, 0.15) is 67.4 Å². The van der Waals surface area contributed by atoms with Gasteiger partial charge < -0.3 is 34.2 Å². The topological polar surface area (TPSA) is 164 Å². The number of carbonyl (C=O) groups excluding carboxylic acids is 2. The summed E-state index contributed by atoms with van der Waals surface area (Å²) in [4.78, 5) is 30.2. The highest BCUT2D eigenvalue weighted by molar-refractivity contribution is 7.92. The van der Waals surface area contributed by atoms with Crippen LogP contribution in [0.15, 0.2) is 51.9 Å². The molecule has 0 saturated carbocycles. The van der Waals surface area contributed by atoms with Gasteiger partial charge in [-0.25, -0.2) is 13.2 Å². The number of urea groups is 1. The third kappa shape index (κ3) is 10.2. The summed E-state index contributed by atoms with van der Waals surface area (Å²) >= 11 is 0. The van der Waals surface area contributed by atoms with Gasteiger partial charge in [-0.15, -0.1) is 0 Å². The number of alkyl halides is 3. The van der Waals surface area contributed by atoms with E-state index in [2.05, 4.69) is 15.2 Å². The lowest BCUT2D eigenvalue weighted by molar-refractivity contribution is -0.137. The fourth-order valence-corrected chi connectivity index (χ4v) is 7.21. The minimum Gasteiger partial charge on any atom is -0.490 e. The van der Waals surface area contributed by atoms with Gasteiger partial charge in [-0.3, -0.25) is 9.52 Å². The third-order valence-electron chi connectivity index (χ3n) is 8.80. The number of anilines is 2. The number of amides is 3. The van der Waals surface area contributed by atoms with E-state index < -0.39 is 51.8 Å². The Morgan fingerprint density at radius 3 is 2.40 bits per heavy atom. The number of hydrogen-bond acceptors (Lipinski definition) is 9. The molecule has 0 spiro atoms. The van der Waals surface area contributed by atoms with Gasteiger partial charge in [-0.1, -0.05) is 12.1 Å². The van der Waals surface area contributed by atoms with Crippen LogP contribution in [0.25, 0.3) is 0 Å². The predicted octanol–water partition coefficient (Wildman–Crippen LogP) is 6.07. The zero-order valence-corrected chi connectivity index (χ0v) is 30.8. The summed E-state index contributed by atoms with van der Waals surface area (Å²) in [6.45, 7) is 8.47. The Balaban J connectivity index is 1.60. The number of aryl methyl sites for hydroxylation is 2. The largest absolute Gasteiger partial charge is 0.490 e. The first-order valence-electron chi connectivity index (χ1n) is 16.9. The number of benzene rings is 2. The highest BCUT2D eigenvalue weighted by Crippen LogP contribution is 2.32. The first kappa shape index (κ1) is 40.4. The first-order chi connectivity index (χ1) is 24.4. The maximum atomic E-state index is 14.4. The lowest BCUT2D eigenvalue weighted by Gasteiger charge is -2.35. The molecule has 3 aromatic rings. The van der Waals surface area contributed by atoms with Crippen molar-refractivity contribution in [3.05, 3.63) is 65.0 Å². The molecular formula is C35H46F3N5O8S. The normalized spacial score (nSPS) is 19.9. The van der Waals surface area contributed by atoms with Crippen molar-refractivity contribution in [1.82, 2.24) is 15.0 Å². The summed E-state index contributed by atoms with van der Waals surface area (Å²) in [6.07, 6.45) is -3.41. The maximum Gasteiger partial charge on any atom is 0.416 e. The molecule has 0 aliphatic carbocycles. The van der Waals surface area contributed by atoms with Crippen LogP contribution in [-0.4, -0.2) is 92.0 Å². The number of carbonyl (C=O) groups is 2. The highest BCUT2D eigenvalue weighted by Gasteiger charge is 2.33. The molecule has 52 heavy (non-hydrogen) atoms. The average Bonchev–Trinajstić information content (AvgIpc) is 3.43. The highest BCUT2D eigenvalue weighted by atomic mass is 32.2. The predicted molar refractivity (Wildman–Crippen MR) is 187 cm³/mol. The zero-order chi connectivity index (χ0) is 38.4. The molecule has 3 N–H and O–H groups in total. The Bertz CT molecular complexity index is 1780. The van der Waals surface area contributed by atoms with Gasteiger partial charge in [0, 0.05) is 44.0 Å². The Morgan fingerprint density at radius 2 is 1.79 bits per heavy atom. The molecule has 0 fully saturated rings. The van der Waals surface area contributed by atoms with Crippen LogP contribution >= 0.6 is 0 Å². The molecular weight excluding hydrogens is 707 g/mol. The van der Waals surface area contributed by atoms with Gasteiger partial charge in [0.25, 0.3) is 15.9 Å². The van der Waals surface area contributed by atoms with Gasteiger partial charge >= 0.3 is 12.2 Å². The Morgan fingerprint density at radius 1 is 1.12 bits per heavy atom. The number of aliphatic hydroxyl groups excluding tert-OH is 1. The average molecular weight is 754 g/mol. The number of nitrogens with zero attached hydrogens (tertiary/aromatic N) is 3. The minimum absolute atomic E-state index is 0.0703. The van der Waals surface area contributed by atoms with Crippen molar-refractivity contribution in [2.75, 3.05) is 43.4 Å². The van der Waals surface area contributed by atoms with E-state index in [-0.39, 0.29) is 64.8 Å². The number of likely N-dealkylation sites (N-methyl/N-ethyl adjacent to an activating group) is 1. The second-order valence-electron chi connectivity index (χ2n) is 13.2. The quantitative estimate of drug-likeness (QED) is 0.248. The molecule has 0 unspecified atom stereocenters. The molecule has 3 amide bonds. The van der Waals surface area contributed by atoms with Crippen molar-refractivity contribution >= 4 is 33.3 Å². The van der Waals surface area contributed by atoms with Crippen molar-refractivity contribution in [2.24, 2.45) is 5.92 Å². The number of hydrogen-bond donors (Lipinski definition) is 3. The van der Waals surface area contributed by atoms with E-state index in [9.17, 15) is 36.3 Å². The molecule has 13 nitrogen and oxygen atoms in total. The summed E-state index contributed by atoms with van der Waals surface area (Å²) in [5, 5.41) is 16.5. The maximum absolute atomic E-state index is 14.4. The van der Waals surface area contributed by atoms with E-state index in [1.165, 1.54) is 61.0 Å². The number of ether oxygens (including phenoxy) is 2. The van der Waals surface area contributed by atoms with E-state index in [1.54, 1.807) is 6.92 Å². The van der Waals surface area contributed by atoms with Crippen LogP contribution in [0.5, 0.6) is 5.75 Å². The van der Waals surface area contributed by atoms with E-state index in [1.807, 2.05) is 13.8 Å². The third-order valence-corrected chi connectivity index (χ3v) is 10.4. The molecule has 1 aromatic heterocycles. The number of sulfonamides is 1. The van der Waals surface area contributed by atoms with Crippen LogP contribution in [0, 0.1) is 19.8 Å². The lowest BCUT2D eigenvalue weighted by atomic mass is 10.0. The second-order valence-corrected chi connectivity index (χ2v) is 14.8. The molecule has 0 bridgehead atoms. The Kier molecular flexibility index (Phi) is 13.2. The zero-order valence-electron chi connectivity index (χ0n) is 30.0. The van der Waals surface area contributed by atoms with E-state index in [0.29, 0.717) is 19.4 Å². The lowest BCUT2D eigenvalue weighted by Crippen LogP contribution is -2.48. The van der Waals surface area contributed by atoms with Gasteiger partial charge in [0.1, 0.15) is 11.4 Å². The van der Waals surface area contributed by atoms with Gasteiger partial charge in [-0.05, 0) is 89.4 Å². The summed E-state index contributed by atoms with van der Waals surface area (Å²) in [5.74, 6) is -0.581. The van der Waals surface area contributed by atoms with Gasteiger partial charge in [0.15, 0.2) is 10.7 Å². The minimum atomic E-state index is -4.51. The number of rotatable bonds is 8. The molecule has 286 valence electrons. The summed E-state index contributed by atoms with van der Waals surface area (Å²) in [7, 11) is -2.61. The van der Waals surface area contributed by atoms with Crippen LogP contribution in [0.3, 0.4) is 0 Å². The summed E-state index contributed by atoms with van der Waals surface area (Å²) in [6, 6.07) is 7.27. The molecule has 2 aromatic carbocycles. The van der Waals surface area contributed by atoms with Crippen LogP contribution in [0.4, 0.5) is 29.3 Å². The smallest absolute Gasteiger partial charge is 0.416 e. The summed E-state index contributed by atoms with van der Waals surface area (Å²) in [5.41, 5.74) is -0.318. The second kappa shape index (κ2) is 17.0. The SMILES string of the molecule is Cc1noc(C)c1S(=O)(=O)Nc1ccc2c(c1)C(=O)N([C@@H](C)CO)C[C@@H](C)[C@H](CN(C)C(=O)Nc1ccc(C(F)(F)F)cc1)OCCCC[C@@H](C)O2. The number of halogens is 3. The van der Waals surface area contributed by atoms with Gasteiger partial charge in [0.2, 0.25) is 0 Å². The number of aliphatic hydroxyl groups is 1. The molecule has 2 heterocycles. The molecule has 1 aliphatic rings. The Hall–Kier alpha value is -4.35. The number of fused-ring (bicyclic) bond motifs is 1. The van der Waals surface area contributed by atoms with Gasteiger partial charge in [0.05, 0.1) is 36.0 Å². The fraction of sp³-hybridized carbons (Fsp3) is 0.514. The van der Waals surface area contributed by atoms with Crippen molar-refractivity contribution in [2.45, 2.75) is 83.2 Å². The van der Waals surface area contributed by atoms with E-state index in [4.69, 9.17) is 14.0 Å². The van der Waals surface area contributed by atoms with E-state index in [0.717, 1.165) is 18.6 Å². The van der Waals surface area contributed by atoms with Crippen molar-refractivity contribution < 1.29 is 50.3 Å². The Labute approximate surface area is 301 Å². The molecule has 17 heteroatoms. The van der Waals surface area contributed by atoms with Crippen molar-refractivity contribution in [3.63, 3.8) is 0 Å². The van der Waals surface area contributed by atoms with Crippen molar-refractivity contribution in [1.29, 1.82) is 0 Å². The standard InChI is InChI=1S/C35H46F3N5O8S/c1-21-18-43(22(2)20-44)33(45)29-17-28(41-52(47,48)32-24(4)40-51-25(32)5)14-15-30(29)50-23(3)9-7-8-16-49-31(21)19-42(6)34(46)39-27-12-10-26(11-13-27)35(36,37)38/h10-15,17,21-23,31,41,44H,7-9,16,18-20H2,1-6H3,(H,39,46)/t21-,22+,23-,31+/m1/s1. The molecule has 1 aliphatic heterocycles. The summed E-state index contributed by atoms with van der Waals surface area (Å²) < 4.78 is 85.6. The molecule has 4 rings (SSSR count). The monoisotopic (exact) mass is 753 g/mol. The molecule has 0 saturated heterocycles. The first-order valence-corrected chi connectivity index (χ1v) is 18.4. The number of aromatic nitrogens is 1.